The summed E-state index contributed by atoms with van der Waals surface area (Å²) in [6.07, 6.45) is 2.86. The van der Waals surface area contributed by atoms with Gasteiger partial charge in [-0.3, -0.25) is 9.69 Å². The van der Waals surface area contributed by atoms with E-state index in [1.165, 1.54) is 17.2 Å². The molecule has 0 aromatic rings. The van der Waals surface area contributed by atoms with E-state index in [0.29, 0.717) is 13.0 Å². The Morgan fingerprint density at radius 2 is 2.46 bits per heavy atom. The van der Waals surface area contributed by atoms with E-state index >= 15 is 0 Å². The van der Waals surface area contributed by atoms with E-state index in [-0.39, 0.29) is 11.8 Å². The molecule has 0 fully saturated rings. The van der Waals surface area contributed by atoms with Crippen LogP contribution in [0.25, 0.3) is 0 Å². The molecule has 1 atom stereocenters. The van der Waals surface area contributed by atoms with Crippen molar-refractivity contribution < 1.29 is 14.3 Å². The highest BCUT2D eigenvalue weighted by molar-refractivity contribution is 5.92. The SMILES string of the molecule is CCOC(=O)N1C=CC(=O)C[C@H]1C. The summed E-state index contributed by atoms with van der Waals surface area (Å²) in [4.78, 5) is 23.6. The Labute approximate surface area is 77.2 Å². The zero-order chi connectivity index (χ0) is 9.84. The van der Waals surface area contributed by atoms with Crippen LogP contribution in [0.3, 0.4) is 0 Å². The lowest BCUT2D eigenvalue weighted by molar-refractivity contribution is -0.116. The first kappa shape index (κ1) is 9.77. The van der Waals surface area contributed by atoms with Gasteiger partial charge in [0.2, 0.25) is 0 Å². The number of ether oxygens (including phenoxy) is 1. The molecule has 0 bridgehead atoms. The van der Waals surface area contributed by atoms with Gasteiger partial charge in [-0.25, -0.2) is 4.79 Å². The number of rotatable bonds is 1. The highest BCUT2D eigenvalue weighted by atomic mass is 16.6. The summed E-state index contributed by atoms with van der Waals surface area (Å²) in [6, 6.07) is -0.100. The highest BCUT2D eigenvalue weighted by Crippen LogP contribution is 2.12. The Bertz CT molecular complexity index is 247. The Morgan fingerprint density at radius 1 is 1.77 bits per heavy atom. The molecule has 1 heterocycles. The quantitative estimate of drug-likeness (QED) is 0.616. The van der Waals surface area contributed by atoms with Gasteiger partial charge in [0.1, 0.15) is 0 Å². The number of nitrogens with zero attached hydrogens (tertiary/aromatic N) is 1. The number of ketones is 1. The van der Waals surface area contributed by atoms with Gasteiger partial charge in [-0.15, -0.1) is 0 Å². The second-order valence-corrected chi connectivity index (χ2v) is 2.94. The molecule has 0 spiro atoms. The molecular weight excluding hydrogens is 170 g/mol. The molecule has 4 nitrogen and oxygen atoms in total. The van der Waals surface area contributed by atoms with Gasteiger partial charge in [-0.1, -0.05) is 0 Å². The smallest absolute Gasteiger partial charge is 0.414 e. The van der Waals surface area contributed by atoms with Crippen LogP contribution in [-0.2, 0) is 9.53 Å². The van der Waals surface area contributed by atoms with Gasteiger partial charge in [0.25, 0.3) is 0 Å². The molecule has 0 saturated heterocycles. The molecule has 1 aliphatic heterocycles. The zero-order valence-corrected chi connectivity index (χ0v) is 7.82. The normalized spacial score (nSPS) is 21.8. The van der Waals surface area contributed by atoms with Gasteiger partial charge < -0.3 is 4.74 Å². The van der Waals surface area contributed by atoms with E-state index < -0.39 is 6.09 Å². The third-order valence-electron chi connectivity index (χ3n) is 1.87. The molecule has 0 N–H and O–H groups in total. The van der Waals surface area contributed by atoms with E-state index in [1.54, 1.807) is 6.92 Å². The largest absolute Gasteiger partial charge is 0.449 e. The van der Waals surface area contributed by atoms with Gasteiger partial charge in [0, 0.05) is 18.7 Å². The van der Waals surface area contributed by atoms with Crippen molar-refractivity contribution in [2.75, 3.05) is 6.61 Å². The predicted molar refractivity (Wildman–Crippen MR) is 47.1 cm³/mol. The average Bonchev–Trinajstić information content (AvgIpc) is 2.04. The minimum absolute atomic E-state index is 0.0491. The Morgan fingerprint density at radius 3 is 3.00 bits per heavy atom. The van der Waals surface area contributed by atoms with Crippen LogP contribution in [0.15, 0.2) is 12.3 Å². The summed E-state index contributed by atoms with van der Waals surface area (Å²) < 4.78 is 4.81. The fraction of sp³-hybridized carbons (Fsp3) is 0.556. The molecule has 0 saturated carbocycles. The minimum Gasteiger partial charge on any atom is -0.449 e. The molecule has 0 radical (unpaired) electrons. The lowest BCUT2D eigenvalue weighted by atomic mass is 10.1. The summed E-state index contributed by atoms with van der Waals surface area (Å²) in [5.41, 5.74) is 0. The third kappa shape index (κ3) is 2.31. The fourth-order valence-electron chi connectivity index (χ4n) is 1.21. The molecule has 0 aliphatic carbocycles. The standard InChI is InChI=1S/C9H13NO3/c1-3-13-9(12)10-5-4-8(11)6-7(10)2/h4-5,7H,3,6H2,1-2H3/t7-/m1/s1. The summed E-state index contributed by atoms with van der Waals surface area (Å²) in [5.74, 6) is 0.0491. The van der Waals surface area contributed by atoms with Gasteiger partial charge in [0.05, 0.1) is 6.61 Å². The summed E-state index contributed by atoms with van der Waals surface area (Å²) in [5, 5.41) is 0. The maximum atomic E-state index is 11.3. The molecular formula is C9H13NO3. The maximum absolute atomic E-state index is 11.3. The Hall–Kier alpha value is -1.32. The van der Waals surface area contributed by atoms with Gasteiger partial charge >= 0.3 is 6.09 Å². The van der Waals surface area contributed by atoms with Crippen molar-refractivity contribution in [3.63, 3.8) is 0 Å². The van der Waals surface area contributed by atoms with Crippen LogP contribution in [0.2, 0.25) is 0 Å². The van der Waals surface area contributed by atoms with E-state index in [1.807, 2.05) is 6.92 Å². The monoisotopic (exact) mass is 183 g/mol. The second-order valence-electron chi connectivity index (χ2n) is 2.94. The van der Waals surface area contributed by atoms with Crippen LogP contribution in [0.4, 0.5) is 4.79 Å². The molecule has 4 heteroatoms. The minimum atomic E-state index is -0.390. The van der Waals surface area contributed by atoms with E-state index in [4.69, 9.17) is 4.74 Å². The Balaban J connectivity index is 2.64. The summed E-state index contributed by atoms with van der Waals surface area (Å²) in [6.45, 7) is 3.92. The summed E-state index contributed by atoms with van der Waals surface area (Å²) in [7, 11) is 0. The topological polar surface area (TPSA) is 46.6 Å². The van der Waals surface area contributed by atoms with Crippen LogP contribution >= 0.6 is 0 Å². The van der Waals surface area contributed by atoms with Crippen molar-refractivity contribution in [1.82, 2.24) is 4.90 Å². The van der Waals surface area contributed by atoms with Crippen molar-refractivity contribution in [2.45, 2.75) is 26.3 Å². The molecule has 1 rings (SSSR count). The van der Waals surface area contributed by atoms with E-state index in [0.717, 1.165) is 0 Å². The molecule has 0 aromatic heterocycles. The zero-order valence-electron chi connectivity index (χ0n) is 7.82. The number of hydrogen-bond donors (Lipinski definition) is 0. The molecule has 1 aliphatic rings. The first-order valence-corrected chi connectivity index (χ1v) is 4.31. The van der Waals surface area contributed by atoms with Gasteiger partial charge in [0.15, 0.2) is 5.78 Å². The van der Waals surface area contributed by atoms with E-state index in [9.17, 15) is 9.59 Å². The van der Waals surface area contributed by atoms with Crippen LogP contribution in [0.1, 0.15) is 20.3 Å². The van der Waals surface area contributed by atoms with Crippen molar-refractivity contribution in [3.8, 4) is 0 Å². The molecule has 72 valence electrons. The first-order chi connectivity index (χ1) is 6.15. The Kier molecular flexibility index (Phi) is 3.06. The van der Waals surface area contributed by atoms with Crippen LogP contribution in [-0.4, -0.2) is 29.4 Å². The van der Waals surface area contributed by atoms with Gasteiger partial charge in [-0.2, -0.15) is 0 Å². The van der Waals surface area contributed by atoms with Crippen molar-refractivity contribution in [1.29, 1.82) is 0 Å². The lowest BCUT2D eigenvalue weighted by Gasteiger charge is -2.26. The number of carbonyl (C=O) groups is 2. The van der Waals surface area contributed by atoms with Crippen molar-refractivity contribution in [2.24, 2.45) is 0 Å². The molecule has 0 aromatic carbocycles. The average molecular weight is 183 g/mol. The summed E-state index contributed by atoms with van der Waals surface area (Å²) >= 11 is 0. The van der Waals surface area contributed by atoms with Crippen molar-refractivity contribution in [3.05, 3.63) is 12.3 Å². The fourth-order valence-corrected chi connectivity index (χ4v) is 1.21. The van der Waals surface area contributed by atoms with Crippen LogP contribution < -0.4 is 0 Å². The maximum Gasteiger partial charge on any atom is 0.414 e. The third-order valence-corrected chi connectivity index (χ3v) is 1.87. The number of carbonyl (C=O) groups excluding carboxylic acids is 2. The van der Waals surface area contributed by atoms with Crippen LogP contribution in [0, 0.1) is 0 Å². The second kappa shape index (κ2) is 4.07. The van der Waals surface area contributed by atoms with Crippen LogP contribution in [0.5, 0.6) is 0 Å². The molecule has 13 heavy (non-hydrogen) atoms. The number of allylic oxidation sites excluding steroid dienone is 1. The van der Waals surface area contributed by atoms with Gasteiger partial charge in [-0.05, 0) is 19.9 Å². The lowest BCUT2D eigenvalue weighted by Crippen LogP contribution is -2.38. The molecule has 1 amide bonds. The highest BCUT2D eigenvalue weighted by Gasteiger charge is 2.23. The number of amides is 1. The first-order valence-electron chi connectivity index (χ1n) is 4.31. The predicted octanol–water partition coefficient (Wildman–Crippen LogP) is 1.32. The molecule has 0 unspecified atom stereocenters. The van der Waals surface area contributed by atoms with Crippen molar-refractivity contribution >= 4 is 11.9 Å². The van der Waals surface area contributed by atoms with E-state index in [2.05, 4.69) is 0 Å². The number of hydrogen-bond acceptors (Lipinski definition) is 3.